The molecule has 2 aromatic carbocycles. The average molecular weight is 395 g/mol. The number of amides is 4. The summed E-state index contributed by atoms with van der Waals surface area (Å²) in [5.41, 5.74) is 2.50. The van der Waals surface area contributed by atoms with E-state index in [2.05, 4.69) is 5.32 Å². The SMILES string of the molecule is COc1ccccc1C(C)NC(=O)CN1C(=O)C(C)N(c2ccc(C)cc2)C1=O. The molecule has 1 heterocycles. The van der Waals surface area contributed by atoms with Gasteiger partial charge in [-0.15, -0.1) is 0 Å². The Hall–Kier alpha value is -3.35. The second-order valence-corrected chi connectivity index (χ2v) is 7.12. The van der Waals surface area contributed by atoms with Crippen LogP contribution < -0.4 is 15.0 Å². The number of imide groups is 1. The fraction of sp³-hybridized carbons (Fsp3) is 0.318. The molecule has 152 valence electrons. The van der Waals surface area contributed by atoms with Crippen molar-refractivity contribution in [2.75, 3.05) is 18.6 Å². The number of para-hydroxylation sites is 1. The standard InChI is InChI=1S/C22H25N3O4/c1-14-9-11-17(12-10-14)25-16(3)21(27)24(22(25)28)13-20(26)23-15(2)18-7-5-6-8-19(18)29-4/h5-12,15-16H,13H2,1-4H3,(H,23,26). The van der Waals surface area contributed by atoms with Crippen molar-refractivity contribution in [3.8, 4) is 5.75 Å². The monoisotopic (exact) mass is 395 g/mol. The molecule has 2 unspecified atom stereocenters. The molecule has 1 aliphatic rings. The molecule has 1 fully saturated rings. The van der Waals surface area contributed by atoms with Crippen LogP contribution in [-0.4, -0.2) is 42.4 Å². The fourth-order valence-electron chi connectivity index (χ4n) is 3.44. The Balaban J connectivity index is 1.70. The number of nitrogens with zero attached hydrogens (tertiary/aromatic N) is 2. The molecule has 1 N–H and O–H groups in total. The first-order valence-corrected chi connectivity index (χ1v) is 9.47. The van der Waals surface area contributed by atoms with Crippen molar-refractivity contribution in [3.05, 3.63) is 59.7 Å². The zero-order valence-corrected chi connectivity index (χ0v) is 17.0. The Morgan fingerprint density at radius 3 is 2.45 bits per heavy atom. The van der Waals surface area contributed by atoms with Gasteiger partial charge in [-0.2, -0.15) is 0 Å². The highest BCUT2D eigenvalue weighted by molar-refractivity contribution is 6.15. The first-order chi connectivity index (χ1) is 13.8. The van der Waals surface area contributed by atoms with E-state index in [1.54, 1.807) is 26.2 Å². The molecule has 7 heteroatoms. The Labute approximate surface area is 170 Å². The van der Waals surface area contributed by atoms with Gasteiger partial charge in [-0.25, -0.2) is 4.79 Å². The normalized spacial score (nSPS) is 17.4. The average Bonchev–Trinajstić information content (AvgIpc) is 2.92. The number of benzene rings is 2. The van der Waals surface area contributed by atoms with Gasteiger partial charge in [-0.05, 0) is 39.0 Å². The maximum atomic E-state index is 12.8. The maximum absolute atomic E-state index is 12.8. The van der Waals surface area contributed by atoms with Gasteiger partial charge in [0.25, 0.3) is 5.91 Å². The topological polar surface area (TPSA) is 79.0 Å². The van der Waals surface area contributed by atoms with Crippen molar-refractivity contribution < 1.29 is 19.1 Å². The summed E-state index contributed by atoms with van der Waals surface area (Å²) in [6.07, 6.45) is 0. The van der Waals surface area contributed by atoms with Crippen molar-refractivity contribution in [1.82, 2.24) is 10.2 Å². The van der Waals surface area contributed by atoms with E-state index in [4.69, 9.17) is 4.74 Å². The van der Waals surface area contributed by atoms with Crippen molar-refractivity contribution in [2.45, 2.75) is 32.9 Å². The highest BCUT2D eigenvalue weighted by Crippen LogP contribution is 2.27. The van der Waals surface area contributed by atoms with Crippen LogP contribution in [0.5, 0.6) is 5.75 Å². The lowest BCUT2D eigenvalue weighted by Gasteiger charge is -2.20. The molecule has 2 atom stereocenters. The van der Waals surface area contributed by atoms with Gasteiger partial charge in [-0.3, -0.25) is 19.4 Å². The number of methoxy groups -OCH3 is 1. The molecule has 0 aliphatic carbocycles. The van der Waals surface area contributed by atoms with E-state index >= 15 is 0 Å². The summed E-state index contributed by atoms with van der Waals surface area (Å²) in [6, 6.07) is 13.2. The molecule has 2 aromatic rings. The Morgan fingerprint density at radius 2 is 1.79 bits per heavy atom. The second kappa shape index (κ2) is 8.34. The number of urea groups is 1. The van der Waals surface area contributed by atoms with Gasteiger partial charge in [0.1, 0.15) is 18.3 Å². The number of carbonyl (C=O) groups is 3. The second-order valence-electron chi connectivity index (χ2n) is 7.12. The minimum absolute atomic E-state index is 0.330. The van der Waals surface area contributed by atoms with Gasteiger partial charge in [0.05, 0.1) is 13.2 Å². The number of rotatable bonds is 6. The van der Waals surface area contributed by atoms with Crippen LogP contribution in [0.15, 0.2) is 48.5 Å². The van der Waals surface area contributed by atoms with Gasteiger partial charge < -0.3 is 10.1 Å². The van der Waals surface area contributed by atoms with E-state index in [9.17, 15) is 14.4 Å². The number of anilines is 1. The van der Waals surface area contributed by atoms with E-state index in [1.807, 2.05) is 50.2 Å². The highest BCUT2D eigenvalue weighted by Gasteiger charge is 2.44. The minimum atomic E-state index is -0.662. The van der Waals surface area contributed by atoms with Crippen LogP contribution in [0.25, 0.3) is 0 Å². The molecule has 29 heavy (non-hydrogen) atoms. The highest BCUT2D eigenvalue weighted by atomic mass is 16.5. The smallest absolute Gasteiger partial charge is 0.332 e. The van der Waals surface area contributed by atoms with Gasteiger partial charge in [0.15, 0.2) is 0 Å². The van der Waals surface area contributed by atoms with Crippen LogP contribution in [0, 0.1) is 6.92 Å². The Bertz CT molecular complexity index is 926. The predicted octanol–water partition coefficient (Wildman–Crippen LogP) is 3.04. The minimum Gasteiger partial charge on any atom is -0.496 e. The molecule has 3 rings (SSSR count). The molecule has 0 bridgehead atoms. The van der Waals surface area contributed by atoms with Gasteiger partial charge >= 0.3 is 6.03 Å². The van der Waals surface area contributed by atoms with Crippen LogP contribution in [0.1, 0.15) is 31.0 Å². The van der Waals surface area contributed by atoms with Crippen LogP contribution in [0.4, 0.5) is 10.5 Å². The first kappa shape index (κ1) is 20.4. The number of hydrogen-bond acceptors (Lipinski definition) is 4. The molecule has 0 spiro atoms. The number of ether oxygens (including phenoxy) is 1. The lowest BCUT2D eigenvalue weighted by atomic mass is 10.1. The predicted molar refractivity (Wildman–Crippen MR) is 110 cm³/mol. The third-order valence-electron chi connectivity index (χ3n) is 5.04. The van der Waals surface area contributed by atoms with E-state index < -0.39 is 23.9 Å². The van der Waals surface area contributed by atoms with Crippen LogP contribution in [-0.2, 0) is 9.59 Å². The van der Waals surface area contributed by atoms with E-state index in [1.165, 1.54) is 4.90 Å². The molecule has 0 saturated carbocycles. The number of hydrogen-bond donors (Lipinski definition) is 1. The molecule has 4 amide bonds. The van der Waals surface area contributed by atoms with Crippen molar-refractivity contribution in [2.24, 2.45) is 0 Å². The van der Waals surface area contributed by atoms with E-state index in [0.29, 0.717) is 11.4 Å². The van der Waals surface area contributed by atoms with E-state index in [-0.39, 0.29) is 12.6 Å². The molecule has 0 aromatic heterocycles. The number of carbonyl (C=O) groups excluding carboxylic acids is 3. The number of nitrogens with one attached hydrogen (secondary N) is 1. The maximum Gasteiger partial charge on any atom is 0.332 e. The van der Waals surface area contributed by atoms with Crippen molar-refractivity contribution in [1.29, 1.82) is 0 Å². The summed E-state index contributed by atoms with van der Waals surface area (Å²) in [5.74, 6) is -0.147. The molecule has 1 saturated heterocycles. The molecular formula is C22H25N3O4. The summed E-state index contributed by atoms with van der Waals surface area (Å²) in [4.78, 5) is 40.4. The summed E-state index contributed by atoms with van der Waals surface area (Å²) in [5, 5.41) is 2.83. The van der Waals surface area contributed by atoms with Crippen LogP contribution in [0.2, 0.25) is 0 Å². The summed E-state index contributed by atoms with van der Waals surface area (Å²) < 4.78 is 5.32. The Kier molecular flexibility index (Phi) is 5.87. The van der Waals surface area contributed by atoms with Crippen LogP contribution in [0.3, 0.4) is 0 Å². The summed E-state index contributed by atoms with van der Waals surface area (Å²) in [7, 11) is 1.57. The van der Waals surface area contributed by atoms with Gasteiger partial charge in [0, 0.05) is 11.3 Å². The summed E-state index contributed by atoms with van der Waals surface area (Å²) in [6.45, 7) is 5.10. The summed E-state index contributed by atoms with van der Waals surface area (Å²) >= 11 is 0. The third kappa shape index (κ3) is 4.08. The molecular weight excluding hydrogens is 370 g/mol. The molecule has 1 aliphatic heterocycles. The van der Waals surface area contributed by atoms with Crippen molar-refractivity contribution in [3.63, 3.8) is 0 Å². The Morgan fingerprint density at radius 1 is 1.14 bits per heavy atom. The van der Waals surface area contributed by atoms with Gasteiger partial charge in [-0.1, -0.05) is 35.9 Å². The van der Waals surface area contributed by atoms with Crippen molar-refractivity contribution >= 4 is 23.5 Å². The number of aryl methyl sites for hydroxylation is 1. The zero-order valence-electron chi connectivity index (χ0n) is 17.0. The third-order valence-corrected chi connectivity index (χ3v) is 5.04. The van der Waals surface area contributed by atoms with Gasteiger partial charge in [0.2, 0.25) is 5.91 Å². The fourth-order valence-corrected chi connectivity index (χ4v) is 3.44. The van der Waals surface area contributed by atoms with E-state index in [0.717, 1.165) is 16.0 Å². The first-order valence-electron chi connectivity index (χ1n) is 9.47. The lowest BCUT2D eigenvalue weighted by Crippen LogP contribution is -2.42. The van der Waals surface area contributed by atoms with Crippen LogP contribution >= 0.6 is 0 Å². The quantitative estimate of drug-likeness (QED) is 0.763. The largest absolute Gasteiger partial charge is 0.496 e. The molecule has 0 radical (unpaired) electrons. The zero-order chi connectivity index (χ0) is 21.1. The molecule has 7 nitrogen and oxygen atoms in total. The lowest BCUT2D eigenvalue weighted by molar-refractivity contribution is -0.132.